The van der Waals surface area contributed by atoms with Gasteiger partial charge in [0.05, 0.1) is 18.1 Å². The summed E-state index contributed by atoms with van der Waals surface area (Å²) >= 11 is 0. The van der Waals surface area contributed by atoms with Crippen molar-refractivity contribution in [3.63, 3.8) is 0 Å². The standard InChI is InChI=1S/C15H17NO3S/c1-19-12-3-5-13(6-4-12)20(17,18)15(11-16)9-14(10-15)7-2-8-14/h3-6H,2,7-10H2,1H3. The van der Waals surface area contributed by atoms with E-state index in [9.17, 15) is 13.7 Å². The highest BCUT2D eigenvalue weighted by Gasteiger charge is 2.64. The van der Waals surface area contributed by atoms with Gasteiger partial charge in [0.25, 0.3) is 0 Å². The zero-order valence-corrected chi connectivity index (χ0v) is 12.2. The molecular formula is C15H17NO3S. The predicted octanol–water partition coefficient (Wildman–Crippen LogP) is 2.70. The lowest BCUT2D eigenvalue weighted by Crippen LogP contribution is -2.58. The van der Waals surface area contributed by atoms with E-state index in [-0.39, 0.29) is 10.3 Å². The molecule has 2 aliphatic carbocycles. The van der Waals surface area contributed by atoms with Crippen LogP contribution in [0.4, 0.5) is 0 Å². The summed E-state index contributed by atoms with van der Waals surface area (Å²) in [6, 6.07) is 8.38. The zero-order chi connectivity index (χ0) is 14.4. The first kappa shape index (κ1) is 13.4. The van der Waals surface area contributed by atoms with E-state index in [1.54, 1.807) is 12.1 Å². The Kier molecular flexibility index (Phi) is 2.84. The van der Waals surface area contributed by atoms with Crippen LogP contribution in [-0.4, -0.2) is 20.3 Å². The van der Waals surface area contributed by atoms with Gasteiger partial charge in [-0.15, -0.1) is 0 Å². The molecule has 2 saturated carbocycles. The van der Waals surface area contributed by atoms with E-state index in [4.69, 9.17) is 4.74 Å². The second-order valence-corrected chi connectivity index (χ2v) is 8.25. The van der Waals surface area contributed by atoms with Crippen molar-refractivity contribution in [2.45, 2.75) is 41.7 Å². The number of nitriles is 1. The molecule has 20 heavy (non-hydrogen) atoms. The lowest BCUT2D eigenvalue weighted by molar-refractivity contribution is 0.0115. The summed E-state index contributed by atoms with van der Waals surface area (Å²) in [5.74, 6) is 0.610. The van der Waals surface area contributed by atoms with Crippen molar-refractivity contribution in [1.29, 1.82) is 5.26 Å². The van der Waals surface area contributed by atoms with Crippen LogP contribution in [0, 0.1) is 16.7 Å². The Bertz CT molecular complexity index is 658. The first-order valence-electron chi connectivity index (χ1n) is 6.77. The number of rotatable bonds is 3. The third kappa shape index (κ3) is 1.68. The van der Waals surface area contributed by atoms with Gasteiger partial charge >= 0.3 is 0 Å². The highest BCUT2D eigenvalue weighted by atomic mass is 32.2. The maximum atomic E-state index is 12.7. The van der Waals surface area contributed by atoms with Gasteiger partial charge in [0, 0.05) is 0 Å². The smallest absolute Gasteiger partial charge is 0.197 e. The fraction of sp³-hybridized carbons (Fsp3) is 0.533. The Morgan fingerprint density at radius 1 is 1.20 bits per heavy atom. The van der Waals surface area contributed by atoms with E-state index in [1.165, 1.54) is 19.2 Å². The molecule has 4 nitrogen and oxygen atoms in total. The lowest BCUT2D eigenvalue weighted by atomic mass is 9.52. The van der Waals surface area contributed by atoms with E-state index >= 15 is 0 Å². The lowest BCUT2D eigenvalue weighted by Gasteiger charge is -2.57. The fourth-order valence-electron chi connectivity index (χ4n) is 3.50. The van der Waals surface area contributed by atoms with Crippen molar-refractivity contribution < 1.29 is 13.2 Å². The predicted molar refractivity (Wildman–Crippen MR) is 74.0 cm³/mol. The molecule has 106 valence electrons. The maximum absolute atomic E-state index is 12.7. The number of hydrogen-bond donors (Lipinski definition) is 0. The summed E-state index contributed by atoms with van der Waals surface area (Å²) in [5, 5.41) is 9.43. The summed E-state index contributed by atoms with van der Waals surface area (Å²) in [6.07, 6.45) is 4.27. The third-order valence-electron chi connectivity index (χ3n) is 4.82. The van der Waals surface area contributed by atoms with Crippen LogP contribution in [0.25, 0.3) is 0 Å². The Morgan fingerprint density at radius 2 is 1.80 bits per heavy atom. The largest absolute Gasteiger partial charge is 0.497 e. The second kappa shape index (κ2) is 4.23. The SMILES string of the molecule is COc1ccc(S(=O)(=O)C2(C#N)CC3(CCC3)C2)cc1. The molecule has 0 saturated heterocycles. The van der Waals surface area contributed by atoms with Crippen molar-refractivity contribution in [1.82, 2.24) is 0 Å². The molecule has 0 atom stereocenters. The van der Waals surface area contributed by atoms with Crippen LogP contribution < -0.4 is 4.74 Å². The van der Waals surface area contributed by atoms with Crippen molar-refractivity contribution in [2.24, 2.45) is 5.41 Å². The van der Waals surface area contributed by atoms with E-state index < -0.39 is 14.6 Å². The van der Waals surface area contributed by atoms with Crippen LogP contribution in [0.3, 0.4) is 0 Å². The summed E-state index contributed by atoms with van der Waals surface area (Å²) in [5.41, 5.74) is 0.134. The molecule has 1 aromatic rings. The molecule has 5 heteroatoms. The monoisotopic (exact) mass is 291 g/mol. The van der Waals surface area contributed by atoms with Gasteiger partial charge in [-0.2, -0.15) is 5.26 Å². The molecule has 0 heterocycles. The van der Waals surface area contributed by atoms with Gasteiger partial charge in [0.1, 0.15) is 5.75 Å². The molecule has 0 N–H and O–H groups in total. The molecular weight excluding hydrogens is 274 g/mol. The molecule has 0 bridgehead atoms. The van der Waals surface area contributed by atoms with Crippen LogP contribution in [-0.2, 0) is 9.84 Å². The van der Waals surface area contributed by atoms with Crippen molar-refractivity contribution >= 4 is 9.84 Å². The van der Waals surface area contributed by atoms with Crippen LogP contribution >= 0.6 is 0 Å². The van der Waals surface area contributed by atoms with Crippen molar-refractivity contribution in [3.05, 3.63) is 24.3 Å². The van der Waals surface area contributed by atoms with Crippen LogP contribution in [0.15, 0.2) is 29.2 Å². The van der Waals surface area contributed by atoms with Gasteiger partial charge in [0.2, 0.25) is 0 Å². The van der Waals surface area contributed by atoms with Crippen molar-refractivity contribution in [3.8, 4) is 11.8 Å². The first-order valence-corrected chi connectivity index (χ1v) is 8.25. The number of methoxy groups -OCH3 is 1. The Morgan fingerprint density at radius 3 is 2.20 bits per heavy atom. The summed E-state index contributed by atoms with van der Waals surface area (Å²) in [7, 11) is -2.07. The third-order valence-corrected chi connectivity index (χ3v) is 7.12. The number of hydrogen-bond acceptors (Lipinski definition) is 4. The summed E-state index contributed by atoms with van der Waals surface area (Å²) in [4.78, 5) is 0.217. The number of nitrogens with zero attached hydrogens (tertiary/aromatic N) is 1. The van der Waals surface area contributed by atoms with E-state index in [0.29, 0.717) is 18.6 Å². The van der Waals surface area contributed by atoms with Gasteiger partial charge in [-0.25, -0.2) is 8.42 Å². The Hall–Kier alpha value is -1.54. The Balaban J connectivity index is 1.92. The molecule has 0 aromatic heterocycles. The molecule has 2 fully saturated rings. The van der Waals surface area contributed by atoms with Gasteiger partial charge < -0.3 is 4.74 Å². The maximum Gasteiger partial charge on any atom is 0.197 e. The quantitative estimate of drug-likeness (QED) is 0.858. The van der Waals surface area contributed by atoms with Crippen LogP contribution in [0.5, 0.6) is 5.75 Å². The Labute approximate surface area is 119 Å². The molecule has 0 radical (unpaired) electrons. The normalized spacial score (nSPS) is 22.4. The minimum absolute atomic E-state index is 0.134. The molecule has 3 rings (SSSR count). The van der Waals surface area contributed by atoms with Gasteiger partial charge in [-0.05, 0) is 55.4 Å². The number of sulfone groups is 1. The fourth-order valence-corrected chi connectivity index (χ4v) is 5.56. The van der Waals surface area contributed by atoms with E-state index in [1.807, 2.05) is 0 Å². The zero-order valence-electron chi connectivity index (χ0n) is 11.4. The average molecular weight is 291 g/mol. The second-order valence-electron chi connectivity index (χ2n) is 5.99. The number of benzene rings is 1. The summed E-state index contributed by atoms with van der Waals surface area (Å²) < 4.78 is 29.3. The van der Waals surface area contributed by atoms with Crippen molar-refractivity contribution in [2.75, 3.05) is 7.11 Å². The van der Waals surface area contributed by atoms with E-state index in [0.717, 1.165) is 19.3 Å². The summed E-state index contributed by atoms with van der Waals surface area (Å²) in [6.45, 7) is 0. The molecule has 0 aliphatic heterocycles. The molecule has 0 unspecified atom stereocenters. The average Bonchev–Trinajstić information content (AvgIpc) is 2.36. The highest BCUT2D eigenvalue weighted by Crippen LogP contribution is 2.63. The molecule has 1 aromatic carbocycles. The first-order chi connectivity index (χ1) is 9.47. The van der Waals surface area contributed by atoms with Gasteiger partial charge in [-0.3, -0.25) is 0 Å². The topological polar surface area (TPSA) is 67.2 Å². The van der Waals surface area contributed by atoms with Crippen LogP contribution in [0.2, 0.25) is 0 Å². The molecule has 1 spiro atoms. The van der Waals surface area contributed by atoms with Gasteiger partial charge in [0.15, 0.2) is 14.6 Å². The molecule has 0 amide bonds. The van der Waals surface area contributed by atoms with Crippen LogP contribution in [0.1, 0.15) is 32.1 Å². The minimum Gasteiger partial charge on any atom is -0.497 e. The minimum atomic E-state index is -3.60. The number of ether oxygens (including phenoxy) is 1. The molecule has 2 aliphatic rings. The van der Waals surface area contributed by atoms with E-state index in [2.05, 4.69) is 6.07 Å². The highest BCUT2D eigenvalue weighted by molar-refractivity contribution is 7.93. The van der Waals surface area contributed by atoms with Gasteiger partial charge in [-0.1, -0.05) is 6.42 Å².